The zero-order chi connectivity index (χ0) is 13.2. The molecule has 1 aromatic heterocycles. The van der Waals surface area contributed by atoms with Gasteiger partial charge in [-0.15, -0.1) is 0 Å². The molecule has 18 heavy (non-hydrogen) atoms. The highest BCUT2D eigenvalue weighted by Gasteiger charge is 2.34. The van der Waals surface area contributed by atoms with Gasteiger partial charge >= 0.3 is 4.87 Å². The quantitative estimate of drug-likeness (QED) is 0.825. The van der Waals surface area contributed by atoms with Crippen molar-refractivity contribution in [1.29, 1.82) is 0 Å². The van der Waals surface area contributed by atoms with Gasteiger partial charge in [0.1, 0.15) is 0 Å². The van der Waals surface area contributed by atoms with E-state index in [4.69, 9.17) is 0 Å². The third kappa shape index (κ3) is 3.00. The molecule has 0 spiro atoms. The van der Waals surface area contributed by atoms with Gasteiger partial charge in [-0.2, -0.15) is 0 Å². The van der Waals surface area contributed by atoms with E-state index in [0.717, 1.165) is 36.3 Å². The van der Waals surface area contributed by atoms with Gasteiger partial charge in [-0.1, -0.05) is 11.3 Å². The van der Waals surface area contributed by atoms with E-state index in [-0.39, 0.29) is 17.2 Å². The second-order valence-electron chi connectivity index (χ2n) is 4.90. The first-order valence-electron chi connectivity index (χ1n) is 6.14. The van der Waals surface area contributed by atoms with Crippen molar-refractivity contribution >= 4 is 17.2 Å². The lowest BCUT2D eigenvalue weighted by atomic mass is 9.80. The molecule has 1 saturated carbocycles. The molecule has 0 atom stereocenters. The van der Waals surface area contributed by atoms with Crippen molar-refractivity contribution in [3.8, 4) is 0 Å². The lowest BCUT2D eigenvalue weighted by Gasteiger charge is -2.36. The van der Waals surface area contributed by atoms with Crippen LogP contribution in [0.25, 0.3) is 0 Å². The average molecular weight is 270 g/mol. The summed E-state index contributed by atoms with van der Waals surface area (Å²) in [7, 11) is 0. The maximum absolute atomic E-state index is 11.6. The number of hydrogen-bond acceptors (Lipinski definition) is 4. The Labute approximate surface area is 109 Å². The van der Waals surface area contributed by atoms with Gasteiger partial charge in [0, 0.05) is 30.6 Å². The van der Waals surface area contributed by atoms with Crippen LogP contribution < -0.4 is 10.2 Å². The Morgan fingerprint density at radius 2 is 2.33 bits per heavy atom. The molecule has 0 radical (unpaired) electrons. The predicted molar refractivity (Wildman–Crippen MR) is 69.7 cm³/mol. The van der Waals surface area contributed by atoms with E-state index in [1.54, 1.807) is 9.95 Å². The van der Waals surface area contributed by atoms with Crippen molar-refractivity contribution in [2.45, 2.75) is 44.8 Å². The molecular formula is C12H18N2O3S. The number of amides is 1. The molecule has 6 heteroatoms. The van der Waals surface area contributed by atoms with Crippen LogP contribution in [0.2, 0.25) is 0 Å². The molecule has 100 valence electrons. The maximum Gasteiger partial charge on any atom is 0.307 e. The van der Waals surface area contributed by atoms with Gasteiger partial charge in [0.05, 0.1) is 5.60 Å². The number of aromatic nitrogens is 1. The summed E-state index contributed by atoms with van der Waals surface area (Å²) in [6, 6.07) is 0. The van der Waals surface area contributed by atoms with Gasteiger partial charge in [0.15, 0.2) is 0 Å². The molecule has 1 fully saturated rings. The van der Waals surface area contributed by atoms with Crippen molar-refractivity contribution in [3.05, 3.63) is 20.7 Å². The van der Waals surface area contributed by atoms with Gasteiger partial charge in [-0.05, 0) is 26.2 Å². The molecule has 1 aliphatic carbocycles. The molecule has 1 amide bonds. The molecule has 5 nitrogen and oxygen atoms in total. The Bertz CT molecular complexity index is 488. The SMILES string of the molecule is Cc1csc(=O)n1CCC(=O)NCC1(O)CCC1. The summed E-state index contributed by atoms with van der Waals surface area (Å²) in [6.45, 7) is 2.58. The fraction of sp³-hybridized carbons (Fsp3) is 0.667. The van der Waals surface area contributed by atoms with Crippen LogP contribution in [0, 0.1) is 6.92 Å². The van der Waals surface area contributed by atoms with Gasteiger partial charge in [0.25, 0.3) is 0 Å². The molecule has 1 heterocycles. The number of nitrogens with zero attached hydrogens (tertiary/aromatic N) is 1. The van der Waals surface area contributed by atoms with Crippen LogP contribution in [0.15, 0.2) is 10.2 Å². The molecular weight excluding hydrogens is 252 g/mol. The zero-order valence-corrected chi connectivity index (χ0v) is 11.3. The lowest BCUT2D eigenvalue weighted by Crippen LogP contribution is -2.47. The molecule has 2 N–H and O–H groups in total. The second kappa shape index (κ2) is 5.24. The number of carbonyl (C=O) groups is 1. The van der Waals surface area contributed by atoms with E-state index >= 15 is 0 Å². The summed E-state index contributed by atoms with van der Waals surface area (Å²) in [5.41, 5.74) is 0.195. The number of aliphatic hydroxyl groups is 1. The molecule has 0 aliphatic heterocycles. The van der Waals surface area contributed by atoms with Gasteiger partial charge in [0.2, 0.25) is 5.91 Å². The molecule has 0 saturated heterocycles. The topological polar surface area (TPSA) is 71.3 Å². The monoisotopic (exact) mass is 270 g/mol. The molecule has 1 aliphatic rings. The van der Waals surface area contributed by atoms with E-state index in [2.05, 4.69) is 5.32 Å². The smallest absolute Gasteiger partial charge is 0.307 e. The third-order valence-electron chi connectivity index (χ3n) is 3.44. The summed E-state index contributed by atoms with van der Waals surface area (Å²) >= 11 is 1.15. The first-order chi connectivity index (χ1) is 8.50. The Morgan fingerprint density at radius 1 is 1.61 bits per heavy atom. The average Bonchev–Trinajstić information content (AvgIpc) is 2.61. The highest BCUT2D eigenvalue weighted by molar-refractivity contribution is 7.07. The van der Waals surface area contributed by atoms with Crippen molar-refractivity contribution in [3.63, 3.8) is 0 Å². The van der Waals surface area contributed by atoms with E-state index in [0.29, 0.717) is 13.1 Å². The fourth-order valence-electron chi connectivity index (χ4n) is 2.00. The van der Waals surface area contributed by atoms with Crippen molar-refractivity contribution < 1.29 is 9.90 Å². The number of rotatable bonds is 5. The van der Waals surface area contributed by atoms with Crippen LogP contribution in [-0.2, 0) is 11.3 Å². The minimum Gasteiger partial charge on any atom is -0.388 e. The molecule has 0 unspecified atom stereocenters. The largest absolute Gasteiger partial charge is 0.388 e. The van der Waals surface area contributed by atoms with Crippen LogP contribution in [0.5, 0.6) is 0 Å². The molecule has 0 bridgehead atoms. The van der Waals surface area contributed by atoms with Crippen molar-refractivity contribution in [1.82, 2.24) is 9.88 Å². The number of thiazole rings is 1. The fourth-order valence-corrected chi connectivity index (χ4v) is 2.76. The molecule has 0 aromatic carbocycles. The van der Waals surface area contributed by atoms with E-state index in [9.17, 15) is 14.7 Å². The maximum atomic E-state index is 11.6. The van der Waals surface area contributed by atoms with Crippen LogP contribution >= 0.6 is 11.3 Å². The summed E-state index contributed by atoms with van der Waals surface area (Å²) in [4.78, 5) is 23.0. The first-order valence-corrected chi connectivity index (χ1v) is 7.02. The third-order valence-corrected chi connectivity index (χ3v) is 4.32. The highest BCUT2D eigenvalue weighted by atomic mass is 32.1. The van der Waals surface area contributed by atoms with E-state index in [1.165, 1.54) is 0 Å². The van der Waals surface area contributed by atoms with E-state index < -0.39 is 5.60 Å². The van der Waals surface area contributed by atoms with Crippen LogP contribution in [0.3, 0.4) is 0 Å². The Morgan fingerprint density at radius 3 is 2.83 bits per heavy atom. The predicted octanol–water partition coefficient (Wildman–Crippen LogP) is 0.640. The zero-order valence-electron chi connectivity index (χ0n) is 10.4. The summed E-state index contributed by atoms with van der Waals surface area (Å²) < 4.78 is 1.60. The van der Waals surface area contributed by atoms with Gasteiger partial charge < -0.3 is 15.0 Å². The Balaban J connectivity index is 1.76. The standard InChI is InChI=1S/C12H18N2O3S/c1-9-7-18-11(16)14(9)6-3-10(15)13-8-12(17)4-2-5-12/h7,17H,2-6,8H2,1H3,(H,13,15). The number of carbonyl (C=O) groups excluding carboxylic acids is 1. The van der Waals surface area contributed by atoms with Gasteiger partial charge in [-0.25, -0.2) is 0 Å². The molecule has 2 rings (SSSR count). The highest BCUT2D eigenvalue weighted by Crippen LogP contribution is 2.30. The number of aryl methyl sites for hydroxylation is 1. The van der Waals surface area contributed by atoms with Crippen molar-refractivity contribution in [2.75, 3.05) is 6.54 Å². The van der Waals surface area contributed by atoms with Crippen molar-refractivity contribution in [2.24, 2.45) is 0 Å². The Kier molecular flexibility index (Phi) is 3.87. The number of hydrogen-bond donors (Lipinski definition) is 2. The summed E-state index contributed by atoms with van der Waals surface area (Å²) in [5, 5.41) is 14.3. The van der Waals surface area contributed by atoms with E-state index in [1.807, 2.05) is 6.92 Å². The minimum absolute atomic E-state index is 0.0297. The second-order valence-corrected chi connectivity index (χ2v) is 5.72. The number of nitrogens with one attached hydrogen (secondary N) is 1. The van der Waals surface area contributed by atoms with Crippen LogP contribution in [-0.4, -0.2) is 27.7 Å². The minimum atomic E-state index is -0.690. The first kappa shape index (κ1) is 13.3. The summed E-state index contributed by atoms with van der Waals surface area (Å²) in [6.07, 6.45) is 2.82. The van der Waals surface area contributed by atoms with Crippen LogP contribution in [0.1, 0.15) is 31.4 Å². The molecule has 1 aromatic rings. The normalized spacial score (nSPS) is 17.2. The summed E-state index contributed by atoms with van der Waals surface area (Å²) in [5.74, 6) is -0.118. The van der Waals surface area contributed by atoms with Crippen LogP contribution in [0.4, 0.5) is 0 Å². The lowest BCUT2D eigenvalue weighted by molar-refractivity contribution is -0.123. The van der Waals surface area contributed by atoms with Gasteiger partial charge in [-0.3, -0.25) is 9.59 Å². The Hall–Kier alpha value is -1.14.